The first-order valence-electron chi connectivity index (χ1n) is 4.88. The second-order valence-electron chi connectivity index (χ2n) is 3.28. The Kier molecular flexibility index (Phi) is 2.62. The van der Waals surface area contributed by atoms with E-state index in [-0.39, 0.29) is 5.69 Å². The second-order valence-corrected chi connectivity index (χ2v) is 3.28. The first-order chi connectivity index (χ1) is 7.29. The van der Waals surface area contributed by atoms with E-state index in [1.54, 1.807) is 12.3 Å². The molecule has 0 fully saturated rings. The molecule has 0 aliphatic carbocycles. The van der Waals surface area contributed by atoms with Gasteiger partial charge in [-0.2, -0.15) is 5.10 Å². The molecule has 2 heterocycles. The molecule has 0 spiro atoms. The van der Waals surface area contributed by atoms with Crippen molar-refractivity contribution in [3.63, 3.8) is 0 Å². The van der Waals surface area contributed by atoms with Crippen LogP contribution in [0.5, 0.6) is 0 Å². The minimum Gasteiger partial charge on any atom is -0.305 e. The Morgan fingerprint density at radius 1 is 1.53 bits per heavy atom. The van der Waals surface area contributed by atoms with Crippen LogP contribution >= 0.6 is 0 Å². The van der Waals surface area contributed by atoms with Gasteiger partial charge in [0.25, 0.3) is 0 Å². The number of nitrogens with one attached hydrogen (secondary N) is 1. The van der Waals surface area contributed by atoms with Crippen molar-refractivity contribution in [2.24, 2.45) is 0 Å². The molecule has 0 atom stereocenters. The van der Waals surface area contributed by atoms with E-state index in [1.165, 1.54) is 6.20 Å². The van der Waals surface area contributed by atoms with Crippen molar-refractivity contribution in [2.75, 3.05) is 0 Å². The molecule has 0 unspecified atom stereocenters. The number of H-pyrrole nitrogens is 1. The minimum absolute atomic E-state index is 0.337. The molecule has 2 aromatic heterocycles. The topological polar surface area (TPSA) is 63.6 Å². The Balaban J connectivity index is 2.33. The quantitative estimate of drug-likeness (QED) is 0.812. The molecular weight excluding hydrogens is 192 g/mol. The van der Waals surface area contributed by atoms with E-state index in [2.05, 4.69) is 22.0 Å². The fraction of sp³-hybridized carbons (Fsp3) is 0.300. The summed E-state index contributed by atoms with van der Waals surface area (Å²) in [6.45, 7) is 2.98. The number of rotatable bonds is 3. The molecule has 0 amide bonds. The van der Waals surface area contributed by atoms with Crippen LogP contribution in [0.1, 0.15) is 13.3 Å². The molecule has 1 N–H and O–H groups in total. The third-order valence-electron chi connectivity index (χ3n) is 2.07. The van der Waals surface area contributed by atoms with E-state index >= 15 is 0 Å². The summed E-state index contributed by atoms with van der Waals surface area (Å²) in [7, 11) is 0. The predicted octanol–water partition coefficient (Wildman–Crippen LogP) is 1.04. The summed E-state index contributed by atoms with van der Waals surface area (Å²) in [6, 6.07) is 1.76. The fourth-order valence-electron chi connectivity index (χ4n) is 1.39. The van der Waals surface area contributed by atoms with Gasteiger partial charge in [0.2, 0.25) is 0 Å². The fourth-order valence-corrected chi connectivity index (χ4v) is 1.39. The van der Waals surface area contributed by atoms with E-state index in [0.717, 1.165) is 24.2 Å². The van der Waals surface area contributed by atoms with Gasteiger partial charge >= 0.3 is 5.69 Å². The number of aromatic amines is 1. The van der Waals surface area contributed by atoms with Gasteiger partial charge in [0.15, 0.2) is 0 Å². The third kappa shape index (κ3) is 2.12. The lowest BCUT2D eigenvalue weighted by Gasteiger charge is -1.96. The first kappa shape index (κ1) is 9.64. The van der Waals surface area contributed by atoms with Crippen LogP contribution in [0.4, 0.5) is 0 Å². The Morgan fingerprint density at radius 3 is 3.13 bits per heavy atom. The lowest BCUT2D eigenvalue weighted by atomic mass is 10.2. The van der Waals surface area contributed by atoms with Crippen LogP contribution in [0.25, 0.3) is 11.3 Å². The molecule has 15 heavy (non-hydrogen) atoms. The van der Waals surface area contributed by atoms with Crippen molar-refractivity contribution in [3.05, 3.63) is 35.1 Å². The summed E-state index contributed by atoms with van der Waals surface area (Å²) >= 11 is 0. The van der Waals surface area contributed by atoms with Gasteiger partial charge < -0.3 is 4.98 Å². The van der Waals surface area contributed by atoms with Crippen LogP contribution in [0, 0.1) is 0 Å². The van der Waals surface area contributed by atoms with Crippen molar-refractivity contribution in [1.82, 2.24) is 19.7 Å². The van der Waals surface area contributed by atoms with Crippen molar-refractivity contribution in [2.45, 2.75) is 19.9 Å². The van der Waals surface area contributed by atoms with E-state index < -0.39 is 0 Å². The lowest BCUT2D eigenvalue weighted by Crippen LogP contribution is -2.08. The Labute approximate surface area is 86.8 Å². The molecule has 78 valence electrons. The second kappa shape index (κ2) is 4.08. The summed E-state index contributed by atoms with van der Waals surface area (Å²) in [6.07, 6.45) is 6.18. The Hall–Kier alpha value is -1.91. The minimum atomic E-state index is -0.337. The Morgan fingerprint density at radius 2 is 2.40 bits per heavy atom. The summed E-state index contributed by atoms with van der Waals surface area (Å²) < 4.78 is 1.86. The molecule has 0 aliphatic rings. The van der Waals surface area contributed by atoms with Gasteiger partial charge in [-0.3, -0.25) is 4.68 Å². The van der Waals surface area contributed by atoms with Crippen LogP contribution < -0.4 is 5.69 Å². The van der Waals surface area contributed by atoms with Gasteiger partial charge in [-0.15, -0.1) is 0 Å². The molecule has 0 aliphatic heterocycles. The number of nitrogens with zero attached hydrogens (tertiary/aromatic N) is 3. The van der Waals surface area contributed by atoms with Gasteiger partial charge in [-0.25, -0.2) is 9.78 Å². The predicted molar refractivity (Wildman–Crippen MR) is 56.4 cm³/mol. The van der Waals surface area contributed by atoms with Gasteiger partial charge in [0, 0.05) is 24.5 Å². The highest BCUT2D eigenvalue weighted by Crippen LogP contribution is 2.13. The molecular formula is C10H12N4O. The SMILES string of the molecule is CCCn1cc(-c2ccnc(=O)[nH]2)cn1. The molecule has 0 radical (unpaired) electrons. The third-order valence-corrected chi connectivity index (χ3v) is 2.07. The van der Waals surface area contributed by atoms with Gasteiger partial charge in [0.05, 0.1) is 11.9 Å². The van der Waals surface area contributed by atoms with Crippen molar-refractivity contribution < 1.29 is 0 Å². The standard InChI is InChI=1S/C10H12N4O/c1-2-5-14-7-8(6-12-14)9-3-4-11-10(15)13-9/h3-4,6-7H,2,5H2,1H3,(H,11,13,15). The summed E-state index contributed by atoms with van der Waals surface area (Å²) in [5, 5.41) is 4.19. The molecule has 0 saturated carbocycles. The van der Waals surface area contributed by atoms with Crippen molar-refractivity contribution in [3.8, 4) is 11.3 Å². The van der Waals surface area contributed by atoms with Crippen molar-refractivity contribution in [1.29, 1.82) is 0 Å². The number of aromatic nitrogens is 4. The van der Waals surface area contributed by atoms with Gasteiger partial charge in [-0.1, -0.05) is 6.92 Å². The number of hydrogen-bond donors (Lipinski definition) is 1. The molecule has 0 saturated heterocycles. The van der Waals surface area contributed by atoms with E-state index in [4.69, 9.17) is 0 Å². The van der Waals surface area contributed by atoms with Crippen LogP contribution in [0.15, 0.2) is 29.5 Å². The molecule has 2 aromatic rings. The smallest absolute Gasteiger partial charge is 0.305 e. The summed E-state index contributed by atoms with van der Waals surface area (Å²) in [4.78, 5) is 17.2. The average molecular weight is 204 g/mol. The lowest BCUT2D eigenvalue weighted by molar-refractivity contribution is 0.603. The summed E-state index contributed by atoms with van der Waals surface area (Å²) in [5.74, 6) is 0. The Bertz CT molecular complexity index is 500. The first-order valence-corrected chi connectivity index (χ1v) is 4.88. The monoisotopic (exact) mass is 204 g/mol. The molecule has 2 rings (SSSR count). The number of aryl methyl sites for hydroxylation is 1. The maximum Gasteiger partial charge on any atom is 0.345 e. The maximum atomic E-state index is 11.0. The molecule has 5 heteroatoms. The molecule has 0 aromatic carbocycles. The van der Waals surface area contributed by atoms with Crippen molar-refractivity contribution >= 4 is 0 Å². The molecule has 5 nitrogen and oxygen atoms in total. The van der Waals surface area contributed by atoms with Gasteiger partial charge in [0.1, 0.15) is 0 Å². The highest BCUT2D eigenvalue weighted by atomic mass is 16.1. The average Bonchev–Trinajstić information content (AvgIpc) is 2.67. The summed E-state index contributed by atoms with van der Waals surface area (Å²) in [5.41, 5.74) is 1.32. The van der Waals surface area contributed by atoms with E-state index in [1.807, 2.05) is 10.9 Å². The highest BCUT2D eigenvalue weighted by Gasteiger charge is 2.01. The van der Waals surface area contributed by atoms with E-state index in [0.29, 0.717) is 0 Å². The maximum absolute atomic E-state index is 11.0. The van der Waals surface area contributed by atoms with Crippen LogP contribution in [-0.2, 0) is 6.54 Å². The molecule has 0 bridgehead atoms. The zero-order chi connectivity index (χ0) is 10.7. The van der Waals surface area contributed by atoms with Crippen LogP contribution in [0.3, 0.4) is 0 Å². The van der Waals surface area contributed by atoms with Gasteiger partial charge in [-0.05, 0) is 12.5 Å². The highest BCUT2D eigenvalue weighted by molar-refractivity contribution is 5.55. The zero-order valence-corrected chi connectivity index (χ0v) is 8.47. The van der Waals surface area contributed by atoms with Crippen LogP contribution in [-0.4, -0.2) is 19.7 Å². The van der Waals surface area contributed by atoms with Crippen LogP contribution in [0.2, 0.25) is 0 Å². The number of hydrogen-bond acceptors (Lipinski definition) is 3. The zero-order valence-electron chi connectivity index (χ0n) is 8.47. The largest absolute Gasteiger partial charge is 0.345 e. The van der Waals surface area contributed by atoms with E-state index in [9.17, 15) is 4.79 Å². The normalized spacial score (nSPS) is 10.5.